The summed E-state index contributed by atoms with van der Waals surface area (Å²) >= 11 is 0. The Kier molecular flexibility index (Phi) is 4.25. The van der Waals surface area contributed by atoms with Crippen molar-refractivity contribution in [2.75, 3.05) is 19.6 Å². The van der Waals surface area contributed by atoms with Gasteiger partial charge in [-0.2, -0.15) is 0 Å². The number of amides is 2. The Morgan fingerprint density at radius 1 is 1.15 bits per heavy atom. The molecule has 2 unspecified atom stereocenters. The number of rotatable bonds is 1. The van der Waals surface area contributed by atoms with Gasteiger partial charge in [0, 0.05) is 25.7 Å². The molecule has 0 aromatic carbocycles. The topological polar surface area (TPSA) is 60.9 Å². The van der Waals surface area contributed by atoms with E-state index in [-0.39, 0.29) is 12.1 Å². The van der Waals surface area contributed by atoms with Crippen molar-refractivity contribution in [1.82, 2.24) is 9.80 Å². The molecule has 2 heterocycles. The summed E-state index contributed by atoms with van der Waals surface area (Å²) < 4.78 is 0. The van der Waals surface area contributed by atoms with Crippen molar-refractivity contribution < 1.29 is 14.7 Å². The van der Waals surface area contributed by atoms with Crippen molar-refractivity contribution in [3.05, 3.63) is 0 Å². The summed E-state index contributed by atoms with van der Waals surface area (Å²) in [4.78, 5) is 27.4. The molecule has 114 valence electrons. The predicted molar refractivity (Wildman–Crippen MR) is 76.5 cm³/mol. The molecule has 2 fully saturated rings. The molecule has 0 spiro atoms. The predicted octanol–water partition coefficient (Wildman–Crippen LogP) is 2.41. The molecule has 2 atom stereocenters. The highest BCUT2D eigenvalue weighted by Gasteiger charge is 2.40. The first kappa shape index (κ1) is 15.1. The second-order valence-corrected chi connectivity index (χ2v) is 6.95. The lowest BCUT2D eigenvalue weighted by atomic mass is 9.85. The van der Waals surface area contributed by atoms with Gasteiger partial charge in [0.1, 0.15) is 0 Å². The number of carboxylic acids is 1. The Balaban J connectivity index is 1.99. The van der Waals surface area contributed by atoms with E-state index in [9.17, 15) is 9.59 Å². The fraction of sp³-hybridized carbons (Fsp3) is 0.867. The van der Waals surface area contributed by atoms with Gasteiger partial charge in [0.25, 0.3) is 0 Å². The van der Waals surface area contributed by atoms with E-state index in [1.54, 1.807) is 4.90 Å². The molecule has 2 saturated heterocycles. The fourth-order valence-electron chi connectivity index (χ4n) is 3.34. The Labute approximate surface area is 120 Å². The molecular weight excluding hydrogens is 256 g/mol. The largest absolute Gasteiger partial charge is 0.481 e. The lowest BCUT2D eigenvalue weighted by Crippen LogP contribution is -2.46. The molecule has 1 N–H and O–H groups in total. The molecule has 2 rings (SSSR count). The summed E-state index contributed by atoms with van der Waals surface area (Å²) in [5.41, 5.74) is 0.301. The van der Waals surface area contributed by atoms with E-state index in [4.69, 9.17) is 5.11 Å². The number of carboxylic acid groups (broad SMARTS) is 1. The van der Waals surface area contributed by atoms with E-state index < -0.39 is 11.9 Å². The number of hydrogen-bond acceptors (Lipinski definition) is 2. The van der Waals surface area contributed by atoms with E-state index in [1.165, 1.54) is 0 Å². The van der Waals surface area contributed by atoms with Crippen LogP contribution in [0, 0.1) is 11.3 Å². The van der Waals surface area contributed by atoms with Crippen molar-refractivity contribution in [3.8, 4) is 0 Å². The molecule has 20 heavy (non-hydrogen) atoms. The van der Waals surface area contributed by atoms with Crippen molar-refractivity contribution in [1.29, 1.82) is 0 Å². The zero-order chi connectivity index (χ0) is 14.9. The lowest BCUT2D eigenvalue weighted by Gasteiger charge is -2.31. The summed E-state index contributed by atoms with van der Waals surface area (Å²) in [6.07, 6.45) is 3.76. The quantitative estimate of drug-likeness (QED) is 0.803. The molecular formula is C15H26N2O3. The summed E-state index contributed by atoms with van der Waals surface area (Å²) in [5.74, 6) is -1.20. The van der Waals surface area contributed by atoms with Crippen LogP contribution in [0.2, 0.25) is 0 Å². The summed E-state index contributed by atoms with van der Waals surface area (Å²) in [6.45, 7) is 8.50. The average molecular weight is 282 g/mol. The highest BCUT2D eigenvalue weighted by Crippen LogP contribution is 2.31. The molecule has 0 aromatic heterocycles. The maximum absolute atomic E-state index is 12.6. The number of nitrogens with zero attached hydrogens (tertiary/aromatic N) is 2. The zero-order valence-electron chi connectivity index (χ0n) is 12.8. The lowest BCUT2D eigenvalue weighted by molar-refractivity contribution is -0.142. The first-order chi connectivity index (χ1) is 9.32. The third-order valence-electron chi connectivity index (χ3n) is 4.93. The van der Waals surface area contributed by atoms with Crippen molar-refractivity contribution in [2.45, 2.75) is 52.5 Å². The number of aliphatic carboxylic acids is 1. The second-order valence-electron chi connectivity index (χ2n) is 6.95. The molecule has 5 heteroatoms. The zero-order valence-corrected chi connectivity index (χ0v) is 12.8. The smallest absolute Gasteiger partial charge is 0.320 e. The van der Waals surface area contributed by atoms with E-state index in [2.05, 4.69) is 13.8 Å². The van der Waals surface area contributed by atoms with E-state index in [1.807, 2.05) is 11.8 Å². The Bertz CT molecular complexity index is 395. The number of carbonyl (C=O) groups excluding carboxylic acids is 1. The van der Waals surface area contributed by atoms with Gasteiger partial charge in [-0.25, -0.2) is 4.79 Å². The third kappa shape index (κ3) is 3.07. The molecule has 2 aliphatic rings. The van der Waals surface area contributed by atoms with Crippen molar-refractivity contribution in [2.24, 2.45) is 11.3 Å². The molecule has 5 nitrogen and oxygen atoms in total. The van der Waals surface area contributed by atoms with Crippen LogP contribution in [0.4, 0.5) is 4.79 Å². The van der Waals surface area contributed by atoms with E-state index in [0.29, 0.717) is 18.4 Å². The van der Waals surface area contributed by atoms with Gasteiger partial charge in [0.2, 0.25) is 0 Å². The Hall–Kier alpha value is -1.26. The third-order valence-corrected chi connectivity index (χ3v) is 4.93. The van der Waals surface area contributed by atoms with Crippen molar-refractivity contribution >= 4 is 12.0 Å². The van der Waals surface area contributed by atoms with E-state index in [0.717, 1.165) is 32.4 Å². The first-order valence-electron chi connectivity index (χ1n) is 7.60. The number of likely N-dealkylation sites (tertiary alicyclic amines) is 2. The minimum Gasteiger partial charge on any atom is -0.481 e. The average Bonchev–Trinajstić information content (AvgIpc) is 2.64. The molecule has 0 aliphatic carbocycles. The van der Waals surface area contributed by atoms with E-state index >= 15 is 0 Å². The van der Waals surface area contributed by atoms with Crippen LogP contribution in [-0.2, 0) is 4.79 Å². The Morgan fingerprint density at radius 2 is 1.85 bits per heavy atom. The van der Waals surface area contributed by atoms with Crippen LogP contribution in [0.25, 0.3) is 0 Å². The maximum atomic E-state index is 12.6. The van der Waals surface area contributed by atoms with Crippen LogP contribution in [0.15, 0.2) is 0 Å². The summed E-state index contributed by atoms with van der Waals surface area (Å²) in [7, 11) is 0. The molecule has 0 aromatic rings. The summed E-state index contributed by atoms with van der Waals surface area (Å²) in [5, 5.41) is 9.16. The van der Waals surface area contributed by atoms with Gasteiger partial charge >= 0.3 is 12.0 Å². The SMILES string of the molecule is CC1C(C(=O)O)CCN1C(=O)N1CCCC(C)(C)CC1. The van der Waals surface area contributed by atoms with Gasteiger partial charge < -0.3 is 14.9 Å². The number of hydrogen-bond donors (Lipinski definition) is 1. The van der Waals surface area contributed by atoms with Gasteiger partial charge in [-0.15, -0.1) is 0 Å². The van der Waals surface area contributed by atoms with Gasteiger partial charge in [-0.1, -0.05) is 13.8 Å². The van der Waals surface area contributed by atoms with Crippen LogP contribution in [0.5, 0.6) is 0 Å². The van der Waals surface area contributed by atoms with Gasteiger partial charge in [-0.05, 0) is 38.0 Å². The highest BCUT2D eigenvalue weighted by molar-refractivity contribution is 5.78. The molecule has 0 bridgehead atoms. The van der Waals surface area contributed by atoms with Crippen LogP contribution < -0.4 is 0 Å². The summed E-state index contributed by atoms with van der Waals surface area (Å²) in [6, 6.07) is -0.171. The van der Waals surface area contributed by atoms with Gasteiger partial charge in [0.15, 0.2) is 0 Å². The van der Waals surface area contributed by atoms with Crippen LogP contribution >= 0.6 is 0 Å². The van der Waals surface area contributed by atoms with Crippen LogP contribution in [-0.4, -0.2) is 52.6 Å². The minimum absolute atomic E-state index is 0.0268. The second kappa shape index (κ2) is 5.62. The van der Waals surface area contributed by atoms with Gasteiger partial charge in [-0.3, -0.25) is 4.79 Å². The molecule has 2 amide bonds. The number of urea groups is 1. The fourth-order valence-corrected chi connectivity index (χ4v) is 3.34. The monoisotopic (exact) mass is 282 g/mol. The molecule has 0 saturated carbocycles. The van der Waals surface area contributed by atoms with Crippen LogP contribution in [0.1, 0.15) is 46.5 Å². The molecule has 2 aliphatic heterocycles. The standard InChI is InChI=1S/C15H26N2O3/c1-11-12(13(18)19)5-9-17(11)14(20)16-8-4-6-15(2,3)7-10-16/h11-12H,4-10H2,1-3H3,(H,18,19). The normalized spacial score (nSPS) is 30.1. The van der Waals surface area contributed by atoms with Crippen molar-refractivity contribution in [3.63, 3.8) is 0 Å². The number of carbonyl (C=O) groups is 2. The maximum Gasteiger partial charge on any atom is 0.320 e. The van der Waals surface area contributed by atoms with Crippen LogP contribution in [0.3, 0.4) is 0 Å². The Morgan fingerprint density at radius 3 is 2.45 bits per heavy atom. The highest BCUT2D eigenvalue weighted by atomic mass is 16.4. The molecule has 0 radical (unpaired) electrons. The first-order valence-corrected chi connectivity index (χ1v) is 7.60. The minimum atomic E-state index is -0.787. The van der Waals surface area contributed by atoms with Gasteiger partial charge in [0.05, 0.1) is 5.92 Å².